The first kappa shape index (κ1) is 16.3. The molecule has 2 amide bonds. The molecular formula is C17H23N3O4. The zero-order chi connectivity index (χ0) is 17.1. The highest BCUT2D eigenvalue weighted by Gasteiger charge is 2.23. The predicted molar refractivity (Wildman–Crippen MR) is 91.2 cm³/mol. The van der Waals surface area contributed by atoms with Gasteiger partial charge in [-0.25, -0.2) is 4.79 Å². The molecule has 1 heterocycles. The highest BCUT2D eigenvalue weighted by molar-refractivity contribution is 5.94. The lowest BCUT2D eigenvalue weighted by Crippen LogP contribution is -2.37. The fraction of sp³-hybridized carbons (Fsp3) is 0.471. The highest BCUT2D eigenvalue weighted by atomic mass is 16.5. The number of H-pyrrole nitrogens is 1. The van der Waals surface area contributed by atoms with E-state index < -0.39 is 0 Å². The molecule has 24 heavy (non-hydrogen) atoms. The molecule has 2 aromatic rings. The lowest BCUT2D eigenvalue weighted by atomic mass is 10.1. The largest absolute Gasteiger partial charge is 0.493 e. The van der Waals surface area contributed by atoms with Crippen LogP contribution >= 0.6 is 0 Å². The molecule has 1 saturated carbocycles. The summed E-state index contributed by atoms with van der Waals surface area (Å²) in [6, 6.07) is 2.13. The molecule has 3 N–H and O–H groups in total. The van der Waals surface area contributed by atoms with E-state index in [9.17, 15) is 4.79 Å². The molecule has 7 nitrogen and oxygen atoms in total. The minimum atomic E-state index is -0.108. The van der Waals surface area contributed by atoms with Gasteiger partial charge in [-0.2, -0.15) is 0 Å². The molecule has 1 aromatic carbocycles. The number of ether oxygens (including phenoxy) is 3. The molecule has 0 atom stereocenters. The molecule has 7 heteroatoms. The van der Waals surface area contributed by atoms with E-state index >= 15 is 0 Å². The third-order valence-corrected chi connectivity index (χ3v) is 4.15. The van der Waals surface area contributed by atoms with Gasteiger partial charge in [-0.15, -0.1) is 0 Å². The summed E-state index contributed by atoms with van der Waals surface area (Å²) in [5, 5.41) is 6.74. The van der Waals surface area contributed by atoms with Crippen molar-refractivity contribution in [2.24, 2.45) is 0 Å². The summed E-state index contributed by atoms with van der Waals surface area (Å²) in [6.45, 7) is 0.545. The second-order valence-corrected chi connectivity index (χ2v) is 5.81. The molecule has 130 valence electrons. The fourth-order valence-electron chi connectivity index (χ4n) is 2.80. The number of carbonyl (C=O) groups is 1. The van der Waals surface area contributed by atoms with E-state index in [1.54, 1.807) is 21.3 Å². The Morgan fingerprint density at radius 3 is 2.58 bits per heavy atom. The van der Waals surface area contributed by atoms with E-state index in [1.165, 1.54) is 0 Å². The lowest BCUT2D eigenvalue weighted by molar-refractivity contribution is 0.240. The van der Waals surface area contributed by atoms with Gasteiger partial charge in [0.1, 0.15) is 0 Å². The van der Waals surface area contributed by atoms with Crippen molar-refractivity contribution in [3.63, 3.8) is 0 Å². The second-order valence-electron chi connectivity index (χ2n) is 5.81. The molecule has 0 spiro atoms. The van der Waals surface area contributed by atoms with E-state index in [-0.39, 0.29) is 6.03 Å². The number of nitrogens with one attached hydrogen (secondary N) is 3. The molecule has 0 radical (unpaired) electrons. The lowest BCUT2D eigenvalue weighted by Gasteiger charge is -2.14. The van der Waals surface area contributed by atoms with Crippen molar-refractivity contribution in [3.05, 3.63) is 17.8 Å². The number of aromatic nitrogens is 1. The van der Waals surface area contributed by atoms with Gasteiger partial charge in [-0.1, -0.05) is 0 Å². The summed E-state index contributed by atoms with van der Waals surface area (Å²) in [4.78, 5) is 14.9. The SMILES string of the molecule is COc1cc2[nH]cc(CCNC(=O)NC3CC3)c2c(OC)c1OC. The van der Waals surface area contributed by atoms with Crippen LogP contribution in [0.25, 0.3) is 10.9 Å². The van der Waals surface area contributed by atoms with Gasteiger partial charge < -0.3 is 29.8 Å². The molecule has 1 aliphatic carbocycles. The first-order chi connectivity index (χ1) is 11.7. The van der Waals surface area contributed by atoms with Crippen LogP contribution in [0.2, 0.25) is 0 Å². The number of methoxy groups -OCH3 is 3. The topological polar surface area (TPSA) is 84.6 Å². The molecule has 1 fully saturated rings. The Kier molecular flexibility index (Phi) is 4.69. The number of aromatic amines is 1. The van der Waals surface area contributed by atoms with Crippen molar-refractivity contribution >= 4 is 16.9 Å². The normalized spacial score (nSPS) is 13.6. The maximum Gasteiger partial charge on any atom is 0.315 e. The number of amides is 2. The average Bonchev–Trinajstić information content (AvgIpc) is 3.31. The number of urea groups is 1. The maximum atomic E-state index is 11.7. The average molecular weight is 333 g/mol. The molecule has 0 bridgehead atoms. The van der Waals surface area contributed by atoms with Crippen LogP contribution in [0.1, 0.15) is 18.4 Å². The Labute approximate surface area is 140 Å². The first-order valence-electron chi connectivity index (χ1n) is 8.01. The first-order valence-corrected chi connectivity index (χ1v) is 8.01. The zero-order valence-electron chi connectivity index (χ0n) is 14.2. The van der Waals surface area contributed by atoms with Gasteiger partial charge in [0.2, 0.25) is 5.75 Å². The van der Waals surface area contributed by atoms with E-state index in [0.717, 1.165) is 29.3 Å². The Morgan fingerprint density at radius 1 is 1.21 bits per heavy atom. The fourth-order valence-corrected chi connectivity index (χ4v) is 2.80. The molecule has 0 unspecified atom stereocenters. The van der Waals surface area contributed by atoms with Crippen molar-refractivity contribution in [2.45, 2.75) is 25.3 Å². The minimum Gasteiger partial charge on any atom is -0.493 e. The van der Waals surface area contributed by atoms with Crippen LogP contribution in [0.5, 0.6) is 17.2 Å². The molecule has 0 aliphatic heterocycles. The molecular weight excluding hydrogens is 310 g/mol. The van der Waals surface area contributed by atoms with Crippen molar-refractivity contribution in [1.29, 1.82) is 0 Å². The van der Waals surface area contributed by atoms with Crippen molar-refractivity contribution in [3.8, 4) is 17.2 Å². The third kappa shape index (κ3) is 3.20. The second kappa shape index (κ2) is 6.90. The standard InChI is InChI=1S/C17H23N3O4/c1-22-13-8-12-14(16(24-3)15(13)23-2)10(9-19-12)6-7-18-17(21)20-11-4-5-11/h8-9,11,19H,4-7H2,1-3H3,(H2,18,20,21). The summed E-state index contributed by atoms with van der Waals surface area (Å²) in [5.41, 5.74) is 1.96. The number of hydrogen-bond donors (Lipinski definition) is 3. The summed E-state index contributed by atoms with van der Waals surface area (Å²) in [7, 11) is 4.78. The van der Waals surface area contributed by atoms with Crippen LogP contribution in [-0.4, -0.2) is 44.9 Å². The van der Waals surface area contributed by atoms with Crippen molar-refractivity contribution < 1.29 is 19.0 Å². The summed E-state index contributed by atoms with van der Waals surface area (Å²) in [6.07, 6.45) is 4.76. The summed E-state index contributed by atoms with van der Waals surface area (Å²) < 4.78 is 16.4. The van der Waals surface area contributed by atoms with Gasteiger partial charge in [-0.3, -0.25) is 0 Å². The number of rotatable bonds is 7. The Bertz CT molecular complexity index is 737. The number of benzene rings is 1. The van der Waals surface area contributed by atoms with Gasteiger partial charge in [-0.05, 0) is 24.8 Å². The zero-order valence-corrected chi connectivity index (χ0v) is 14.2. The van der Waals surface area contributed by atoms with Crippen LogP contribution < -0.4 is 24.8 Å². The van der Waals surface area contributed by atoms with E-state index in [1.807, 2.05) is 12.3 Å². The van der Waals surface area contributed by atoms with E-state index in [4.69, 9.17) is 14.2 Å². The quantitative estimate of drug-likeness (QED) is 0.725. The minimum absolute atomic E-state index is 0.108. The number of fused-ring (bicyclic) bond motifs is 1. The van der Waals surface area contributed by atoms with Crippen LogP contribution in [0.3, 0.4) is 0 Å². The smallest absolute Gasteiger partial charge is 0.315 e. The predicted octanol–water partition coefficient (Wildman–Crippen LogP) is 2.20. The van der Waals surface area contributed by atoms with Crippen molar-refractivity contribution in [2.75, 3.05) is 27.9 Å². The van der Waals surface area contributed by atoms with Crippen LogP contribution in [-0.2, 0) is 6.42 Å². The van der Waals surface area contributed by atoms with E-state index in [2.05, 4.69) is 15.6 Å². The number of hydrogen-bond acceptors (Lipinski definition) is 4. The Hall–Kier alpha value is -2.57. The monoisotopic (exact) mass is 333 g/mol. The molecule has 1 aliphatic rings. The Balaban J connectivity index is 1.79. The van der Waals surface area contributed by atoms with Gasteiger partial charge in [0.05, 0.1) is 26.8 Å². The third-order valence-electron chi connectivity index (χ3n) is 4.15. The van der Waals surface area contributed by atoms with Crippen LogP contribution in [0.4, 0.5) is 4.79 Å². The molecule has 3 rings (SSSR count). The van der Waals surface area contributed by atoms with Crippen LogP contribution in [0.15, 0.2) is 12.3 Å². The van der Waals surface area contributed by atoms with Gasteiger partial charge in [0, 0.05) is 30.2 Å². The molecule has 0 saturated heterocycles. The Morgan fingerprint density at radius 2 is 1.96 bits per heavy atom. The molecule has 1 aromatic heterocycles. The maximum absolute atomic E-state index is 11.7. The van der Waals surface area contributed by atoms with E-state index in [0.29, 0.717) is 36.3 Å². The van der Waals surface area contributed by atoms with Gasteiger partial charge in [0.25, 0.3) is 0 Å². The summed E-state index contributed by atoms with van der Waals surface area (Å²) in [5.74, 6) is 1.80. The highest BCUT2D eigenvalue weighted by Crippen LogP contribution is 2.44. The number of carbonyl (C=O) groups excluding carboxylic acids is 1. The van der Waals surface area contributed by atoms with Crippen LogP contribution in [0, 0.1) is 0 Å². The van der Waals surface area contributed by atoms with Crippen molar-refractivity contribution in [1.82, 2.24) is 15.6 Å². The van der Waals surface area contributed by atoms with Gasteiger partial charge in [0.15, 0.2) is 11.5 Å². The van der Waals surface area contributed by atoms with Gasteiger partial charge >= 0.3 is 6.03 Å². The summed E-state index contributed by atoms with van der Waals surface area (Å²) >= 11 is 0.